The van der Waals surface area contributed by atoms with E-state index < -0.39 is 16.1 Å². The smallest absolute Gasteiger partial charge is 0.260 e. The zero-order chi connectivity index (χ0) is 19.2. The van der Waals surface area contributed by atoms with Crippen LogP contribution in [0.3, 0.4) is 0 Å². The fourth-order valence-electron chi connectivity index (χ4n) is 2.78. The third-order valence-corrected chi connectivity index (χ3v) is 7.03. The summed E-state index contributed by atoms with van der Waals surface area (Å²) in [5, 5.41) is 3.66. The number of sulfonamides is 1. The standard InChI is InChI=1S/C18H28N2O4S2/c1-14(18(21)19-12-13-25-17-6-4-5-7-17)24-16-10-8-15(9-11-16)20(2)26(3,22)23/h8-11,14,17H,4-7,12-13H2,1-3H3,(H,19,21)/t14-/m0/s1. The van der Waals surface area contributed by atoms with Gasteiger partial charge in [0.1, 0.15) is 5.75 Å². The lowest BCUT2D eigenvalue weighted by Gasteiger charge is -2.18. The summed E-state index contributed by atoms with van der Waals surface area (Å²) in [6.07, 6.45) is 5.78. The predicted octanol–water partition coefficient (Wildman–Crippen LogP) is 2.64. The third-order valence-electron chi connectivity index (χ3n) is 4.44. The van der Waals surface area contributed by atoms with Crippen LogP contribution in [0, 0.1) is 0 Å². The lowest BCUT2D eigenvalue weighted by molar-refractivity contribution is -0.127. The number of ether oxygens (including phenoxy) is 1. The molecule has 1 aromatic rings. The number of hydrogen-bond donors (Lipinski definition) is 1. The van der Waals surface area contributed by atoms with Crippen molar-refractivity contribution in [1.29, 1.82) is 0 Å². The molecule has 6 nitrogen and oxygen atoms in total. The summed E-state index contributed by atoms with van der Waals surface area (Å²) in [6, 6.07) is 6.63. The van der Waals surface area contributed by atoms with Crippen molar-refractivity contribution < 1.29 is 17.9 Å². The Hall–Kier alpha value is -1.41. The van der Waals surface area contributed by atoms with Crippen LogP contribution >= 0.6 is 11.8 Å². The minimum Gasteiger partial charge on any atom is -0.481 e. The van der Waals surface area contributed by atoms with E-state index in [1.54, 1.807) is 31.2 Å². The molecule has 0 radical (unpaired) electrons. The fraction of sp³-hybridized carbons (Fsp3) is 0.611. The van der Waals surface area contributed by atoms with Crippen LogP contribution in [0.1, 0.15) is 32.6 Å². The molecule has 1 amide bonds. The molecule has 8 heteroatoms. The van der Waals surface area contributed by atoms with Crippen molar-refractivity contribution in [2.24, 2.45) is 0 Å². The van der Waals surface area contributed by atoms with Crippen molar-refractivity contribution in [2.75, 3.05) is 29.9 Å². The maximum absolute atomic E-state index is 12.1. The van der Waals surface area contributed by atoms with Gasteiger partial charge in [-0.25, -0.2) is 8.42 Å². The molecule has 0 bridgehead atoms. The highest BCUT2D eigenvalue weighted by Gasteiger charge is 2.17. The molecule has 1 aliphatic carbocycles. The monoisotopic (exact) mass is 400 g/mol. The Bertz CT molecular complexity index is 686. The Morgan fingerprint density at radius 1 is 1.31 bits per heavy atom. The molecule has 0 aromatic heterocycles. The lowest BCUT2D eigenvalue weighted by atomic mass is 10.3. The number of rotatable bonds is 9. The fourth-order valence-corrected chi connectivity index (χ4v) is 4.51. The van der Waals surface area contributed by atoms with Gasteiger partial charge in [0.05, 0.1) is 11.9 Å². The number of benzene rings is 1. The maximum Gasteiger partial charge on any atom is 0.260 e. The Labute approximate surface area is 160 Å². The first-order valence-corrected chi connectivity index (χ1v) is 11.8. The van der Waals surface area contributed by atoms with Crippen molar-refractivity contribution in [3.63, 3.8) is 0 Å². The Morgan fingerprint density at radius 3 is 2.50 bits per heavy atom. The lowest BCUT2D eigenvalue weighted by Crippen LogP contribution is -2.37. The van der Waals surface area contributed by atoms with Gasteiger partial charge in [0, 0.05) is 24.6 Å². The molecular formula is C18H28N2O4S2. The molecule has 0 unspecified atom stereocenters. The highest BCUT2D eigenvalue weighted by atomic mass is 32.2. The van der Waals surface area contributed by atoms with Crippen LogP contribution in [0.2, 0.25) is 0 Å². The Morgan fingerprint density at radius 2 is 1.92 bits per heavy atom. The molecular weight excluding hydrogens is 372 g/mol. The second-order valence-corrected chi connectivity index (χ2v) is 9.97. The van der Waals surface area contributed by atoms with Crippen LogP contribution in [-0.4, -0.2) is 51.3 Å². The molecule has 0 spiro atoms. The molecule has 1 aromatic carbocycles. The maximum atomic E-state index is 12.1. The average Bonchev–Trinajstić information content (AvgIpc) is 3.11. The van der Waals surface area contributed by atoms with Crippen LogP contribution in [0.4, 0.5) is 5.69 Å². The van der Waals surface area contributed by atoms with E-state index in [4.69, 9.17) is 4.74 Å². The number of carbonyl (C=O) groups excluding carboxylic acids is 1. The third kappa shape index (κ3) is 6.39. The van der Waals surface area contributed by atoms with Crippen molar-refractivity contribution >= 4 is 33.4 Å². The quantitative estimate of drug-likeness (QED) is 0.645. The number of carbonyl (C=O) groups is 1. The molecule has 0 saturated heterocycles. The molecule has 1 aliphatic rings. The van der Waals surface area contributed by atoms with Gasteiger partial charge >= 0.3 is 0 Å². The minimum atomic E-state index is -3.30. The molecule has 146 valence electrons. The van der Waals surface area contributed by atoms with Crippen molar-refractivity contribution in [3.8, 4) is 5.75 Å². The summed E-state index contributed by atoms with van der Waals surface area (Å²) < 4.78 is 29.9. The first-order chi connectivity index (χ1) is 12.3. The second-order valence-electron chi connectivity index (χ2n) is 6.55. The van der Waals surface area contributed by atoms with E-state index in [9.17, 15) is 13.2 Å². The number of nitrogens with one attached hydrogen (secondary N) is 1. The van der Waals surface area contributed by atoms with Gasteiger partial charge in [-0.2, -0.15) is 11.8 Å². The highest BCUT2D eigenvalue weighted by Crippen LogP contribution is 2.28. The summed E-state index contributed by atoms with van der Waals surface area (Å²) in [4.78, 5) is 12.1. The minimum absolute atomic E-state index is 0.144. The summed E-state index contributed by atoms with van der Waals surface area (Å²) in [6.45, 7) is 2.35. The highest BCUT2D eigenvalue weighted by molar-refractivity contribution is 7.99. The number of nitrogens with zero attached hydrogens (tertiary/aromatic N) is 1. The van der Waals surface area contributed by atoms with E-state index in [0.717, 1.165) is 17.3 Å². The van der Waals surface area contributed by atoms with Gasteiger partial charge in [0.2, 0.25) is 10.0 Å². The Kier molecular flexibility index (Phi) is 7.64. The van der Waals surface area contributed by atoms with Gasteiger partial charge < -0.3 is 10.1 Å². The van der Waals surface area contributed by atoms with Gasteiger partial charge in [-0.1, -0.05) is 12.8 Å². The molecule has 1 atom stereocenters. The zero-order valence-corrected chi connectivity index (χ0v) is 17.2. The van der Waals surface area contributed by atoms with Gasteiger partial charge in [0.15, 0.2) is 6.10 Å². The molecule has 1 N–H and O–H groups in total. The van der Waals surface area contributed by atoms with E-state index in [0.29, 0.717) is 18.0 Å². The van der Waals surface area contributed by atoms with E-state index in [-0.39, 0.29) is 5.91 Å². The zero-order valence-electron chi connectivity index (χ0n) is 15.6. The Balaban J connectivity index is 1.75. The number of thioether (sulfide) groups is 1. The molecule has 26 heavy (non-hydrogen) atoms. The summed E-state index contributed by atoms with van der Waals surface area (Å²) in [7, 11) is -1.81. The normalized spacial score (nSPS) is 16.3. The van der Waals surface area contributed by atoms with Crippen LogP contribution in [0.25, 0.3) is 0 Å². The van der Waals surface area contributed by atoms with Gasteiger partial charge in [-0.15, -0.1) is 0 Å². The van der Waals surface area contributed by atoms with Crippen molar-refractivity contribution in [2.45, 2.75) is 44.0 Å². The van der Waals surface area contributed by atoms with Crippen LogP contribution in [0.5, 0.6) is 5.75 Å². The van der Waals surface area contributed by atoms with Gasteiger partial charge in [0.25, 0.3) is 5.91 Å². The number of hydrogen-bond acceptors (Lipinski definition) is 5. The van der Waals surface area contributed by atoms with Crippen molar-refractivity contribution in [1.82, 2.24) is 5.32 Å². The van der Waals surface area contributed by atoms with E-state index in [1.807, 2.05) is 11.8 Å². The SMILES string of the molecule is C[C@H](Oc1ccc(N(C)S(C)(=O)=O)cc1)C(=O)NCCSC1CCCC1. The van der Waals surface area contributed by atoms with E-state index >= 15 is 0 Å². The van der Waals surface area contributed by atoms with Crippen molar-refractivity contribution in [3.05, 3.63) is 24.3 Å². The van der Waals surface area contributed by atoms with Crippen LogP contribution in [0.15, 0.2) is 24.3 Å². The first-order valence-electron chi connectivity index (χ1n) is 8.87. The largest absolute Gasteiger partial charge is 0.481 e. The molecule has 0 heterocycles. The summed E-state index contributed by atoms with van der Waals surface area (Å²) in [5.74, 6) is 1.31. The average molecular weight is 401 g/mol. The topological polar surface area (TPSA) is 75.7 Å². The number of anilines is 1. The van der Waals surface area contributed by atoms with E-state index in [2.05, 4.69) is 5.32 Å². The van der Waals surface area contributed by atoms with Gasteiger partial charge in [-0.3, -0.25) is 9.10 Å². The van der Waals surface area contributed by atoms with Crippen LogP contribution in [-0.2, 0) is 14.8 Å². The molecule has 0 aliphatic heterocycles. The molecule has 2 rings (SSSR count). The van der Waals surface area contributed by atoms with Gasteiger partial charge in [-0.05, 0) is 44.0 Å². The first kappa shape index (κ1) is 20.9. The summed E-state index contributed by atoms with van der Waals surface area (Å²) in [5.41, 5.74) is 0.542. The predicted molar refractivity (Wildman–Crippen MR) is 108 cm³/mol. The summed E-state index contributed by atoms with van der Waals surface area (Å²) >= 11 is 1.94. The molecule has 1 fully saturated rings. The van der Waals surface area contributed by atoms with Crippen LogP contribution < -0.4 is 14.4 Å². The molecule has 1 saturated carbocycles. The van der Waals surface area contributed by atoms with E-state index in [1.165, 1.54) is 37.0 Å². The number of amides is 1. The second kappa shape index (κ2) is 9.50.